The maximum atomic E-state index is 6.47. The predicted octanol–water partition coefficient (Wildman–Crippen LogP) is 2.57. The van der Waals surface area contributed by atoms with Gasteiger partial charge in [-0.3, -0.25) is 4.90 Å². The first-order chi connectivity index (χ1) is 7.13. The lowest BCUT2D eigenvalue weighted by atomic mass is 9.72. The Morgan fingerprint density at radius 2 is 1.40 bits per heavy atom. The van der Waals surface area contributed by atoms with E-state index in [4.69, 9.17) is 4.74 Å². The molecule has 15 heavy (non-hydrogen) atoms. The minimum Gasteiger partial charge on any atom is -0.366 e. The molecule has 0 amide bonds. The van der Waals surface area contributed by atoms with Crippen LogP contribution in [0, 0.1) is 0 Å². The fourth-order valence-electron chi connectivity index (χ4n) is 3.35. The Hall–Kier alpha value is -0.0800. The zero-order valence-electron chi connectivity index (χ0n) is 10.1. The number of nitrogens with zero attached hydrogens (tertiary/aromatic N) is 1. The average Bonchev–Trinajstić information content (AvgIpc) is 2.12. The summed E-state index contributed by atoms with van der Waals surface area (Å²) >= 11 is 0. The highest BCUT2D eigenvalue weighted by Crippen LogP contribution is 2.49. The monoisotopic (exact) mass is 209 g/mol. The van der Waals surface area contributed by atoms with E-state index in [1.165, 1.54) is 51.6 Å². The van der Waals surface area contributed by atoms with Crippen LogP contribution in [-0.4, -0.2) is 35.2 Å². The van der Waals surface area contributed by atoms with Crippen LogP contribution in [0.2, 0.25) is 0 Å². The van der Waals surface area contributed by atoms with Gasteiger partial charge in [-0.2, -0.15) is 0 Å². The second-order valence-electron chi connectivity index (χ2n) is 6.17. The van der Waals surface area contributed by atoms with Gasteiger partial charge in [-0.25, -0.2) is 0 Å². The summed E-state index contributed by atoms with van der Waals surface area (Å²) in [5.41, 5.74) is 0.534. The third kappa shape index (κ3) is 1.53. The van der Waals surface area contributed by atoms with E-state index in [1.807, 2.05) is 0 Å². The number of hydrogen-bond donors (Lipinski definition) is 0. The van der Waals surface area contributed by atoms with Crippen LogP contribution in [0.15, 0.2) is 0 Å². The summed E-state index contributed by atoms with van der Waals surface area (Å²) in [6, 6.07) is 0.684. The lowest BCUT2D eigenvalue weighted by Gasteiger charge is -2.60. The summed E-state index contributed by atoms with van der Waals surface area (Å²) in [7, 11) is 0. The van der Waals surface area contributed by atoms with Crippen LogP contribution in [0.4, 0.5) is 0 Å². The third-order valence-electron chi connectivity index (χ3n) is 4.68. The van der Waals surface area contributed by atoms with Crippen LogP contribution in [0.5, 0.6) is 0 Å². The Labute approximate surface area is 93.0 Å². The zero-order chi connectivity index (χ0) is 10.5. The van der Waals surface area contributed by atoms with Gasteiger partial charge >= 0.3 is 0 Å². The Balaban J connectivity index is 1.78. The molecule has 2 nitrogen and oxygen atoms in total. The molecule has 0 N–H and O–H groups in total. The van der Waals surface area contributed by atoms with Crippen molar-refractivity contribution in [2.45, 2.75) is 69.6 Å². The number of hydrogen-bond acceptors (Lipinski definition) is 2. The molecular formula is C13H23NO. The minimum atomic E-state index is 0.267. The Kier molecular flexibility index (Phi) is 2.16. The Morgan fingerprint density at radius 1 is 0.933 bits per heavy atom. The molecule has 0 aromatic heterocycles. The molecule has 2 spiro atoms. The van der Waals surface area contributed by atoms with Gasteiger partial charge in [-0.05, 0) is 52.4 Å². The van der Waals surface area contributed by atoms with Crippen LogP contribution in [0.25, 0.3) is 0 Å². The molecular weight excluding hydrogens is 186 g/mol. The normalized spacial score (nSPS) is 33.0. The number of rotatable bonds is 1. The van der Waals surface area contributed by atoms with E-state index in [-0.39, 0.29) is 11.2 Å². The molecule has 3 aliphatic rings. The summed E-state index contributed by atoms with van der Waals surface area (Å²) in [6.45, 7) is 7.02. The summed E-state index contributed by atoms with van der Waals surface area (Å²) in [6.07, 6.45) is 7.97. The fraction of sp³-hybridized carbons (Fsp3) is 1.00. The van der Waals surface area contributed by atoms with Crippen molar-refractivity contribution >= 4 is 0 Å². The van der Waals surface area contributed by atoms with Crippen LogP contribution in [0.3, 0.4) is 0 Å². The smallest absolute Gasteiger partial charge is 0.0817 e. The summed E-state index contributed by atoms with van der Waals surface area (Å²) in [4.78, 5) is 2.65. The van der Waals surface area contributed by atoms with E-state index in [1.54, 1.807) is 0 Å². The first kappa shape index (κ1) is 10.1. The molecule has 0 unspecified atom stereocenters. The first-order valence-electron chi connectivity index (χ1n) is 6.57. The van der Waals surface area contributed by atoms with Crippen molar-refractivity contribution in [3.8, 4) is 0 Å². The van der Waals surface area contributed by atoms with Gasteiger partial charge in [-0.1, -0.05) is 0 Å². The summed E-state index contributed by atoms with van der Waals surface area (Å²) < 4.78 is 6.47. The van der Waals surface area contributed by atoms with E-state index in [0.717, 1.165) is 0 Å². The molecule has 0 bridgehead atoms. The molecule has 3 fully saturated rings. The lowest BCUT2D eigenvalue weighted by molar-refractivity contribution is -0.268. The SMILES string of the molecule is CC(C)N1CC2(CCC2)OC2(CCC2)C1. The standard InChI is InChI=1S/C13H23NO/c1-11(2)14-9-12(5-3-6-12)15-13(10-14)7-4-8-13/h11H,3-10H2,1-2H3. The Morgan fingerprint density at radius 3 is 1.67 bits per heavy atom. The van der Waals surface area contributed by atoms with Gasteiger partial charge in [0.05, 0.1) is 11.2 Å². The maximum absolute atomic E-state index is 6.47. The van der Waals surface area contributed by atoms with Crippen molar-refractivity contribution in [1.29, 1.82) is 0 Å². The molecule has 3 rings (SSSR count). The van der Waals surface area contributed by atoms with E-state index < -0.39 is 0 Å². The van der Waals surface area contributed by atoms with Gasteiger partial charge in [-0.15, -0.1) is 0 Å². The largest absolute Gasteiger partial charge is 0.366 e. The Bertz CT molecular complexity index is 231. The average molecular weight is 209 g/mol. The van der Waals surface area contributed by atoms with E-state index in [0.29, 0.717) is 6.04 Å². The second kappa shape index (κ2) is 3.21. The van der Waals surface area contributed by atoms with Crippen molar-refractivity contribution in [3.63, 3.8) is 0 Å². The lowest BCUT2D eigenvalue weighted by Crippen LogP contribution is -2.67. The molecule has 1 aliphatic heterocycles. The molecule has 2 saturated carbocycles. The van der Waals surface area contributed by atoms with Gasteiger partial charge in [0.25, 0.3) is 0 Å². The molecule has 1 saturated heterocycles. The van der Waals surface area contributed by atoms with E-state index in [9.17, 15) is 0 Å². The molecule has 86 valence electrons. The number of ether oxygens (including phenoxy) is 1. The van der Waals surface area contributed by atoms with E-state index >= 15 is 0 Å². The van der Waals surface area contributed by atoms with Crippen molar-refractivity contribution < 1.29 is 4.74 Å². The van der Waals surface area contributed by atoms with Crippen LogP contribution in [0.1, 0.15) is 52.4 Å². The molecule has 0 aromatic carbocycles. The second-order valence-corrected chi connectivity index (χ2v) is 6.17. The molecule has 0 atom stereocenters. The predicted molar refractivity (Wildman–Crippen MR) is 61.0 cm³/mol. The highest BCUT2D eigenvalue weighted by molar-refractivity contribution is 5.05. The van der Waals surface area contributed by atoms with Crippen molar-refractivity contribution in [1.82, 2.24) is 4.90 Å². The van der Waals surface area contributed by atoms with Gasteiger partial charge < -0.3 is 4.74 Å². The van der Waals surface area contributed by atoms with E-state index in [2.05, 4.69) is 18.7 Å². The minimum absolute atomic E-state index is 0.267. The molecule has 0 radical (unpaired) electrons. The quantitative estimate of drug-likeness (QED) is 0.658. The maximum Gasteiger partial charge on any atom is 0.0817 e. The third-order valence-corrected chi connectivity index (χ3v) is 4.68. The van der Waals surface area contributed by atoms with Crippen molar-refractivity contribution in [2.24, 2.45) is 0 Å². The fourth-order valence-corrected chi connectivity index (χ4v) is 3.35. The van der Waals surface area contributed by atoms with Crippen LogP contribution < -0.4 is 0 Å². The summed E-state index contributed by atoms with van der Waals surface area (Å²) in [5, 5.41) is 0. The first-order valence-corrected chi connectivity index (χ1v) is 6.57. The van der Waals surface area contributed by atoms with Crippen LogP contribution in [-0.2, 0) is 4.74 Å². The van der Waals surface area contributed by atoms with Gasteiger partial charge in [0, 0.05) is 19.1 Å². The highest BCUT2D eigenvalue weighted by atomic mass is 16.5. The molecule has 1 heterocycles. The van der Waals surface area contributed by atoms with Crippen LogP contribution >= 0.6 is 0 Å². The topological polar surface area (TPSA) is 12.5 Å². The number of morpholine rings is 1. The van der Waals surface area contributed by atoms with Gasteiger partial charge in [0.1, 0.15) is 0 Å². The summed E-state index contributed by atoms with van der Waals surface area (Å²) in [5.74, 6) is 0. The zero-order valence-corrected chi connectivity index (χ0v) is 10.1. The van der Waals surface area contributed by atoms with Crippen molar-refractivity contribution in [2.75, 3.05) is 13.1 Å². The van der Waals surface area contributed by atoms with Crippen molar-refractivity contribution in [3.05, 3.63) is 0 Å². The van der Waals surface area contributed by atoms with Gasteiger partial charge in [0.2, 0.25) is 0 Å². The molecule has 2 heteroatoms. The molecule has 2 aliphatic carbocycles. The highest BCUT2D eigenvalue weighted by Gasteiger charge is 2.53. The molecule has 0 aromatic rings. The van der Waals surface area contributed by atoms with Gasteiger partial charge in [0.15, 0.2) is 0 Å².